The monoisotopic (exact) mass is 346 g/mol. The fourth-order valence-electron chi connectivity index (χ4n) is 4.44. The second-order valence-electron chi connectivity index (χ2n) is 7.52. The third kappa shape index (κ3) is 2.78. The van der Waals surface area contributed by atoms with E-state index in [-0.39, 0.29) is 5.91 Å². The van der Waals surface area contributed by atoms with Crippen molar-refractivity contribution in [1.29, 1.82) is 0 Å². The molecule has 2 atom stereocenters. The average Bonchev–Trinajstić information content (AvgIpc) is 3.35. The lowest BCUT2D eigenvalue weighted by Crippen LogP contribution is -2.33. The normalized spacial score (nSPS) is 22.8. The Hall–Kier alpha value is -2.66. The van der Waals surface area contributed by atoms with E-state index in [1.807, 2.05) is 29.3 Å². The highest BCUT2D eigenvalue weighted by atomic mass is 16.2. The maximum Gasteiger partial charge on any atom is 0.272 e. The Morgan fingerprint density at radius 1 is 1.00 bits per heavy atom. The Kier molecular flexibility index (Phi) is 3.75. The molecule has 0 unspecified atom stereocenters. The van der Waals surface area contributed by atoms with Gasteiger partial charge < -0.3 is 9.88 Å². The van der Waals surface area contributed by atoms with E-state index < -0.39 is 0 Å². The zero-order valence-electron chi connectivity index (χ0n) is 14.6. The van der Waals surface area contributed by atoms with Gasteiger partial charge in [-0.3, -0.25) is 9.69 Å². The largest absolute Gasteiger partial charge is 0.346 e. The number of hydrogen-bond acceptors (Lipinski definition) is 3. The van der Waals surface area contributed by atoms with E-state index in [2.05, 4.69) is 45.2 Å². The fraction of sp³-hybridized carbons (Fsp3) is 0.333. The molecule has 5 heteroatoms. The molecule has 5 rings (SSSR count). The molecule has 0 spiro atoms. The van der Waals surface area contributed by atoms with Crippen molar-refractivity contribution in [2.75, 3.05) is 26.2 Å². The molecule has 0 saturated carbocycles. The molecule has 2 aromatic heterocycles. The first-order valence-electron chi connectivity index (χ1n) is 9.26. The van der Waals surface area contributed by atoms with E-state index in [1.54, 1.807) is 0 Å². The molecule has 1 N–H and O–H groups in total. The van der Waals surface area contributed by atoms with Crippen LogP contribution in [0.25, 0.3) is 11.0 Å². The summed E-state index contributed by atoms with van der Waals surface area (Å²) in [5.74, 6) is 1.22. The number of pyridine rings is 1. The number of fused-ring (bicyclic) bond motifs is 2. The van der Waals surface area contributed by atoms with Crippen LogP contribution < -0.4 is 0 Å². The molecule has 0 aliphatic carbocycles. The summed E-state index contributed by atoms with van der Waals surface area (Å²) >= 11 is 0. The number of likely N-dealkylation sites (tertiary alicyclic amines) is 2. The van der Waals surface area contributed by atoms with E-state index >= 15 is 0 Å². The molecular weight excluding hydrogens is 324 g/mol. The molecule has 2 fully saturated rings. The molecule has 0 radical (unpaired) electrons. The standard InChI is InChI=1S/C21H22N4O/c26-21(19-7-6-16-8-9-22-20(16)23-19)25-13-17-11-24(12-18(17)14-25)10-15-4-2-1-3-5-15/h1-9,17-18H,10-14H2,(H,22,23)/t17-,18+. The van der Waals surface area contributed by atoms with E-state index in [0.717, 1.165) is 43.8 Å². The van der Waals surface area contributed by atoms with Crippen LogP contribution >= 0.6 is 0 Å². The van der Waals surface area contributed by atoms with Crippen LogP contribution in [0, 0.1) is 11.8 Å². The molecule has 4 heterocycles. The van der Waals surface area contributed by atoms with Crippen molar-refractivity contribution in [1.82, 2.24) is 19.8 Å². The SMILES string of the molecule is O=C(c1ccc2cc[nH]c2n1)N1C[C@H]2CN(Cc3ccccc3)C[C@H]2C1. The van der Waals surface area contributed by atoms with Crippen molar-refractivity contribution in [3.63, 3.8) is 0 Å². The zero-order chi connectivity index (χ0) is 17.5. The summed E-state index contributed by atoms with van der Waals surface area (Å²) < 4.78 is 0. The van der Waals surface area contributed by atoms with Crippen molar-refractivity contribution in [3.8, 4) is 0 Å². The van der Waals surface area contributed by atoms with Crippen LogP contribution in [0.1, 0.15) is 16.1 Å². The molecule has 2 saturated heterocycles. The number of carbonyl (C=O) groups excluding carboxylic acids is 1. The topological polar surface area (TPSA) is 52.2 Å². The smallest absolute Gasteiger partial charge is 0.272 e. The number of benzene rings is 1. The van der Waals surface area contributed by atoms with Gasteiger partial charge in [-0.1, -0.05) is 30.3 Å². The van der Waals surface area contributed by atoms with Crippen LogP contribution in [0.4, 0.5) is 0 Å². The highest BCUT2D eigenvalue weighted by Crippen LogP contribution is 2.32. The molecule has 132 valence electrons. The van der Waals surface area contributed by atoms with Crippen molar-refractivity contribution in [3.05, 3.63) is 66.0 Å². The third-order valence-electron chi connectivity index (χ3n) is 5.73. The summed E-state index contributed by atoms with van der Waals surface area (Å²) in [6, 6.07) is 16.4. The van der Waals surface area contributed by atoms with Gasteiger partial charge in [-0.2, -0.15) is 0 Å². The minimum atomic E-state index is 0.0607. The van der Waals surface area contributed by atoms with Crippen LogP contribution in [-0.2, 0) is 6.54 Å². The first kappa shape index (κ1) is 15.6. The summed E-state index contributed by atoms with van der Waals surface area (Å²) in [4.78, 5) is 24.9. The van der Waals surface area contributed by atoms with Crippen LogP contribution in [-0.4, -0.2) is 51.9 Å². The summed E-state index contributed by atoms with van der Waals surface area (Å²) in [5.41, 5.74) is 2.69. The summed E-state index contributed by atoms with van der Waals surface area (Å²) in [5, 5.41) is 1.04. The number of aromatic amines is 1. The van der Waals surface area contributed by atoms with E-state index in [1.165, 1.54) is 5.56 Å². The Bertz CT molecular complexity index is 921. The molecule has 2 aliphatic rings. The maximum absolute atomic E-state index is 12.9. The molecular formula is C21H22N4O. The van der Waals surface area contributed by atoms with Gasteiger partial charge in [0.25, 0.3) is 5.91 Å². The van der Waals surface area contributed by atoms with Crippen molar-refractivity contribution in [2.45, 2.75) is 6.54 Å². The number of nitrogens with one attached hydrogen (secondary N) is 1. The van der Waals surface area contributed by atoms with Crippen molar-refractivity contribution >= 4 is 16.9 Å². The van der Waals surface area contributed by atoms with Crippen LogP contribution in [0.15, 0.2) is 54.7 Å². The Labute approximate surface area is 152 Å². The van der Waals surface area contributed by atoms with Gasteiger partial charge >= 0.3 is 0 Å². The molecule has 5 nitrogen and oxygen atoms in total. The van der Waals surface area contributed by atoms with Crippen LogP contribution in [0.2, 0.25) is 0 Å². The van der Waals surface area contributed by atoms with E-state index in [0.29, 0.717) is 17.5 Å². The number of carbonyl (C=O) groups is 1. The van der Waals surface area contributed by atoms with Crippen molar-refractivity contribution < 1.29 is 4.79 Å². The van der Waals surface area contributed by atoms with Crippen molar-refractivity contribution in [2.24, 2.45) is 11.8 Å². The lowest BCUT2D eigenvalue weighted by Gasteiger charge is -2.21. The first-order chi connectivity index (χ1) is 12.8. The quantitative estimate of drug-likeness (QED) is 0.793. The highest BCUT2D eigenvalue weighted by molar-refractivity contribution is 5.94. The highest BCUT2D eigenvalue weighted by Gasteiger charge is 2.41. The lowest BCUT2D eigenvalue weighted by atomic mass is 10.0. The van der Waals surface area contributed by atoms with E-state index in [4.69, 9.17) is 0 Å². The Balaban J connectivity index is 1.24. The predicted molar refractivity (Wildman–Crippen MR) is 101 cm³/mol. The fourth-order valence-corrected chi connectivity index (χ4v) is 4.44. The number of H-pyrrole nitrogens is 1. The second kappa shape index (κ2) is 6.25. The molecule has 3 aromatic rings. The summed E-state index contributed by atoms with van der Waals surface area (Å²) in [6.45, 7) is 4.85. The average molecular weight is 346 g/mol. The second-order valence-corrected chi connectivity index (χ2v) is 7.52. The zero-order valence-corrected chi connectivity index (χ0v) is 14.6. The van der Waals surface area contributed by atoms with Gasteiger partial charge in [0.1, 0.15) is 11.3 Å². The molecule has 26 heavy (non-hydrogen) atoms. The van der Waals surface area contributed by atoms with Gasteiger partial charge in [-0.25, -0.2) is 4.98 Å². The summed E-state index contributed by atoms with van der Waals surface area (Å²) in [6.07, 6.45) is 1.85. The van der Waals surface area contributed by atoms with Gasteiger partial charge in [0.2, 0.25) is 0 Å². The number of hydrogen-bond donors (Lipinski definition) is 1. The van der Waals surface area contributed by atoms with Gasteiger partial charge in [-0.15, -0.1) is 0 Å². The molecule has 1 aromatic carbocycles. The first-order valence-corrected chi connectivity index (χ1v) is 9.26. The van der Waals surface area contributed by atoms with Gasteiger partial charge in [-0.05, 0) is 35.6 Å². The van der Waals surface area contributed by atoms with Gasteiger partial charge in [0, 0.05) is 44.3 Å². The third-order valence-corrected chi connectivity index (χ3v) is 5.73. The molecule has 2 aliphatic heterocycles. The van der Waals surface area contributed by atoms with Gasteiger partial charge in [0.15, 0.2) is 0 Å². The lowest BCUT2D eigenvalue weighted by molar-refractivity contribution is 0.0768. The Morgan fingerprint density at radius 3 is 2.54 bits per heavy atom. The Morgan fingerprint density at radius 2 is 1.77 bits per heavy atom. The number of rotatable bonds is 3. The number of amides is 1. The minimum Gasteiger partial charge on any atom is -0.346 e. The summed E-state index contributed by atoms with van der Waals surface area (Å²) in [7, 11) is 0. The van der Waals surface area contributed by atoms with Gasteiger partial charge in [0.05, 0.1) is 0 Å². The number of aromatic nitrogens is 2. The van der Waals surface area contributed by atoms with Crippen LogP contribution in [0.3, 0.4) is 0 Å². The maximum atomic E-state index is 12.9. The number of nitrogens with zero attached hydrogens (tertiary/aromatic N) is 3. The predicted octanol–water partition coefficient (Wildman–Crippen LogP) is 2.77. The van der Waals surface area contributed by atoms with E-state index in [9.17, 15) is 4.79 Å². The minimum absolute atomic E-state index is 0.0607. The molecule has 1 amide bonds. The molecule has 0 bridgehead atoms. The van der Waals surface area contributed by atoms with Crippen LogP contribution in [0.5, 0.6) is 0 Å².